The summed E-state index contributed by atoms with van der Waals surface area (Å²) in [6.07, 6.45) is 5.57. The minimum atomic E-state index is 0.706. The summed E-state index contributed by atoms with van der Waals surface area (Å²) in [6.45, 7) is 8.56. The Bertz CT molecular complexity index is 216. The van der Waals surface area contributed by atoms with Crippen molar-refractivity contribution in [2.45, 2.75) is 51.6 Å². The number of likely N-dealkylation sites (tertiary alicyclic amines) is 1. The van der Waals surface area contributed by atoms with Gasteiger partial charge in [0.25, 0.3) is 0 Å². The van der Waals surface area contributed by atoms with Crippen molar-refractivity contribution < 1.29 is 0 Å². The summed E-state index contributed by atoms with van der Waals surface area (Å²) in [7, 11) is 0. The van der Waals surface area contributed by atoms with Gasteiger partial charge in [0.15, 0.2) is 0 Å². The van der Waals surface area contributed by atoms with Crippen LogP contribution in [0.5, 0.6) is 0 Å². The van der Waals surface area contributed by atoms with Gasteiger partial charge in [-0.2, -0.15) is 11.8 Å². The van der Waals surface area contributed by atoms with Crippen LogP contribution in [0.4, 0.5) is 0 Å². The molecular weight excluding hydrogens is 228 g/mol. The third-order valence-electron chi connectivity index (χ3n) is 4.42. The molecule has 2 saturated heterocycles. The lowest BCUT2D eigenvalue weighted by Gasteiger charge is -2.37. The van der Waals surface area contributed by atoms with E-state index in [0.29, 0.717) is 6.04 Å². The third kappa shape index (κ3) is 4.15. The second-order valence-electron chi connectivity index (χ2n) is 5.64. The predicted molar refractivity (Wildman–Crippen MR) is 77.8 cm³/mol. The maximum atomic E-state index is 3.89. The van der Waals surface area contributed by atoms with Gasteiger partial charge in [-0.25, -0.2) is 0 Å². The van der Waals surface area contributed by atoms with Gasteiger partial charge >= 0.3 is 0 Å². The van der Waals surface area contributed by atoms with E-state index in [1.165, 1.54) is 56.8 Å². The Morgan fingerprint density at radius 2 is 2.06 bits per heavy atom. The van der Waals surface area contributed by atoms with Gasteiger partial charge in [0.2, 0.25) is 0 Å². The van der Waals surface area contributed by atoms with Crippen LogP contribution in [0.25, 0.3) is 0 Å². The first-order valence-corrected chi connectivity index (χ1v) is 8.51. The minimum Gasteiger partial charge on any atom is -0.311 e. The molecule has 0 radical (unpaired) electrons. The zero-order chi connectivity index (χ0) is 12.1. The van der Waals surface area contributed by atoms with Crippen LogP contribution in [0.3, 0.4) is 0 Å². The summed E-state index contributed by atoms with van der Waals surface area (Å²) in [5.41, 5.74) is 0. The molecule has 2 nitrogen and oxygen atoms in total. The van der Waals surface area contributed by atoms with Crippen molar-refractivity contribution in [2.24, 2.45) is 5.92 Å². The van der Waals surface area contributed by atoms with Crippen LogP contribution in [0, 0.1) is 5.92 Å². The Balaban J connectivity index is 1.75. The summed E-state index contributed by atoms with van der Waals surface area (Å²) in [4.78, 5) is 2.61. The monoisotopic (exact) mass is 256 g/mol. The van der Waals surface area contributed by atoms with E-state index in [1.54, 1.807) is 0 Å². The molecule has 0 aromatic rings. The minimum absolute atomic E-state index is 0.706. The molecule has 2 aliphatic rings. The molecule has 0 saturated carbocycles. The van der Waals surface area contributed by atoms with E-state index >= 15 is 0 Å². The Morgan fingerprint density at radius 1 is 1.29 bits per heavy atom. The summed E-state index contributed by atoms with van der Waals surface area (Å²) < 4.78 is 0. The first-order valence-electron chi connectivity index (χ1n) is 7.35. The van der Waals surface area contributed by atoms with Crippen molar-refractivity contribution in [1.82, 2.24) is 10.2 Å². The van der Waals surface area contributed by atoms with Crippen molar-refractivity contribution >= 4 is 11.8 Å². The molecule has 2 aliphatic heterocycles. The van der Waals surface area contributed by atoms with Gasteiger partial charge in [-0.1, -0.05) is 6.92 Å². The van der Waals surface area contributed by atoms with E-state index in [9.17, 15) is 0 Å². The molecule has 17 heavy (non-hydrogen) atoms. The molecule has 0 aliphatic carbocycles. The topological polar surface area (TPSA) is 15.3 Å². The second-order valence-corrected chi connectivity index (χ2v) is 6.86. The van der Waals surface area contributed by atoms with E-state index in [0.717, 1.165) is 12.0 Å². The SMILES string of the molecule is CCN1CCCC(C(C)NC2CCSCC2)C1. The molecule has 0 bridgehead atoms. The van der Waals surface area contributed by atoms with Crippen LogP contribution >= 0.6 is 11.8 Å². The summed E-state index contributed by atoms with van der Waals surface area (Å²) in [5, 5.41) is 3.89. The van der Waals surface area contributed by atoms with Crippen molar-refractivity contribution in [3.8, 4) is 0 Å². The zero-order valence-corrected chi connectivity index (χ0v) is 12.3. The highest BCUT2D eigenvalue weighted by atomic mass is 32.2. The van der Waals surface area contributed by atoms with Crippen LogP contribution in [0.2, 0.25) is 0 Å². The smallest absolute Gasteiger partial charge is 0.00853 e. The highest BCUT2D eigenvalue weighted by Crippen LogP contribution is 2.22. The van der Waals surface area contributed by atoms with Crippen LogP contribution in [0.1, 0.15) is 39.5 Å². The lowest BCUT2D eigenvalue weighted by atomic mass is 9.90. The van der Waals surface area contributed by atoms with E-state index in [-0.39, 0.29) is 0 Å². The Hall–Kier alpha value is 0.270. The molecule has 2 heterocycles. The maximum absolute atomic E-state index is 3.89. The van der Waals surface area contributed by atoms with Crippen molar-refractivity contribution in [2.75, 3.05) is 31.1 Å². The van der Waals surface area contributed by atoms with Crippen LogP contribution in [-0.4, -0.2) is 48.1 Å². The van der Waals surface area contributed by atoms with Gasteiger partial charge in [0.1, 0.15) is 0 Å². The van der Waals surface area contributed by atoms with Crippen LogP contribution in [0.15, 0.2) is 0 Å². The van der Waals surface area contributed by atoms with Crippen molar-refractivity contribution in [1.29, 1.82) is 0 Å². The fourth-order valence-electron chi connectivity index (χ4n) is 3.16. The standard InChI is InChI=1S/C14H28N2S/c1-3-16-8-4-5-13(11-16)12(2)15-14-6-9-17-10-7-14/h12-15H,3-11H2,1-2H3. The Kier molecular flexibility index (Phi) is 5.64. The third-order valence-corrected chi connectivity index (χ3v) is 5.46. The highest BCUT2D eigenvalue weighted by Gasteiger charge is 2.25. The number of piperidine rings is 1. The number of hydrogen-bond acceptors (Lipinski definition) is 3. The molecule has 2 rings (SSSR count). The first-order chi connectivity index (χ1) is 8.29. The molecule has 0 amide bonds. The van der Waals surface area contributed by atoms with E-state index in [1.807, 2.05) is 0 Å². The van der Waals surface area contributed by atoms with Gasteiger partial charge in [0, 0.05) is 18.6 Å². The summed E-state index contributed by atoms with van der Waals surface area (Å²) in [5.74, 6) is 3.59. The molecule has 1 N–H and O–H groups in total. The lowest BCUT2D eigenvalue weighted by Crippen LogP contribution is -2.48. The molecular formula is C14H28N2S. The first kappa shape index (κ1) is 13.7. The molecule has 0 aromatic heterocycles. The molecule has 100 valence electrons. The lowest BCUT2D eigenvalue weighted by molar-refractivity contribution is 0.151. The van der Waals surface area contributed by atoms with Gasteiger partial charge in [-0.3, -0.25) is 0 Å². The Morgan fingerprint density at radius 3 is 2.76 bits per heavy atom. The highest BCUT2D eigenvalue weighted by molar-refractivity contribution is 7.99. The van der Waals surface area contributed by atoms with E-state index < -0.39 is 0 Å². The number of thioether (sulfide) groups is 1. The van der Waals surface area contributed by atoms with Crippen molar-refractivity contribution in [3.63, 3.8) is 0 Å². The van der Waals surface area contributed by atoms with Crippen LogP contribution in [-0.2, 0) is 0 Å². The molecule has 0 spiro atoms. The average molecular weight is 256 g/mol. The molecule has 2 fully saturated rings. The fraction of sp³-hybridized carbons (Fsp3) is 1.00. The zero-order valence-electron chi connectivity index (χ0n) is 11.5. The number of nitrogens with one attached hydrogen (secondary N) is 1. The fourth-order valence-corrected chi connectivity index (χ4v) is 4.27. The second kappa shape index (κ2) is 7.01. The molecule has 3 heteroatoms. The molecule has 0 aromatic carbocycles. The number of nitrogens with zero attached hydrogens (tertiary/aromatic N) is 1. The number of rotatable bonds is 4. The molecule has 2 atom stereocenters. The normalized spacial score (nSPS) is 30.4. The van der Waals surface area contributed by atoms with Gasteiger partial charge in [0.05, 0.1) is 0 Å². The quantitative estimate of drug-likeness (QED) is 0.832. The molecule has 2 unspecified atom stereocenters. The number of hydrogen-bond donors (Lipinski definition) is 1. The van der Waals surface area contributed by atoms with Crippen molar-refractivity contribution in [3.05, 3.63) is 0 Å². The predicted octanol–water partition coefficient (Wildman–Crippen LogP) is 2.59. The largest absolute Gasteiger partial charge is 0.311 e. The van der Waals surface area contributed by atoms with Gasteiger partial charge in [-0.05, 0) is 63.1 Å². The Labute approximate surface area is 111 Å². The van der Waals surface area contributed by atoms with E-state index in [4.69, 9.17) is 0 Å². The van der Waals surface area contributed by atoms with Gasteiger partial charge < -0.3 is 10.2 Å². The summed E-state index contributed by atoms with van der Waals surface area (Å²) in [6, 6.07) is 1.50. The average Bonchev–Trinajstić information content (AvgIpc) is 2.40. The van der Waals surface area contributed by atoms with E-state index in [2.05, 4.69) is 35.8 Å². The maximum Gasteiger partial charge on any atom is 0.00853 e. The summed E-state index contributed by atoms with van der Waals surface area (Å²) >= 11 is 2.12. The van der Waals surface area contributed by atoms with Gasteiger partial charge in [-0.15, -0.1) is 0 Å². The van der Waals surface area contributed by atoms with Crippen LogP contribution < -0.4 is 5.32 Å².